The van der Waals surface area contributed by atoms with E-state index in [1.807, 2.05) is 6.92 Å². The summed E-state index contributed by atoms with van der Waals surface area (Å²) in [5, 5.41) is 18.2. The van der Waals surface area contributed by atoms with Crippen molar-refractivity contribution in [2.24, 2.45) is 0 Å². The number of carbonyl (C=O) groups excluding carboxylic acids is 2. The summed E-state index contributed by atoms with van der Waals surface area (Å²) >= 11 is 1.24. The van der Waals surface area contributed by atoms with Crippen LogP contribution in [0.5, 0.6) is 0 Å². The topological polar surface area (TPSA) is 142 Å². The van der Waals surface area contributed by atoms with Crippen molar-refractivity contribution in [3.8, 4) is 11.3 Å². The number of anilines is 1. The van der Waals surface area contributed by atoms with Gasteiger partial charge in [0.25, 0.3) is 17.4 Å². The number of nitrogens with one attached hydrogen (secondary N) is 1. The number of hydrogen-bond donors (Lipinski definition) is 1. The molecule has 0 spiro atoms. The molecule has 3 aromatic heterocycles. The number of fused-ring (bicyclic) bond motifs is 1. The first-order chi connectivity index (χ1) is 15.4. The lowest BCUT2D eigenvalue weighted by Crippen LogP contribution is -2.18. The maximum Gasteiger partial charge on any atom is 0.341 e. The molecule has 32 heavy (non-hydrogen) atoms. The third kappa shape index (κ3) is 4.03. The minimum absolute atomic E-state index is 0.0925. The van der Waals surface area contributed by atoms with Crippen molar-refractivity contribution in [3.05, 3.63) is 69.0 Å². The molecule has 3 heterocycles. The molecule has 1 N–H and O–H groups in total. The third-order valence-corrected chi connectivity index (χ3v) is 5.38. The molecule has 1 aromatic carbocycles. The van der Waals surface area contributed by atoms with Gasteiger partial charge in [-0.15, -0.1) is 11.3 Å². The number of aryl methyl sites for hydroxylation is 1. The number of hydrogen-bond acceptors (Lipinski definition) is 9. The molecule has 0 saturated carbocycles. The largest absolute Gasteiger partial charge is 0.462 e. The standard InChI is InChI=1S/C20H16N6O5S/c1-3-31-19(28)14-7-11(2)32-18(14)24-17(27)16-9-15(23-20-21-10-22-25(16)20)12-5-4-6-13(8-12)26(29)30/h4-10H,3H2,1-2H3,(H,24,27). The molecule has 0 fully saturated rings. The van der Waals surface area contributed by atoms with Crippen LogP contribution in [0.1, 0.15) is 32.6 Å². The summed E-state index contributed by atoms with van der Waals surface area (Å²) in [5.41, 5.74) is 0.996. The Balaban J connectivity index is 1.75. The number of aromatic nitrogens is 4. The highest BCUT2D eigenvalue weighted by atomic mass is 32.1. The highest BCUT2D eigenvalue weighted by molar-refractivity contribution is 7.16. The number of benzene rings is 1. The predicted molar refractivity (Wildman–Crippen MR) is 116 cm³/mol. The molecule has 0 bridgehead atoms. The summed E-state index contributed by atoms with van der Waals surface area (Å²) in [6, 6.07) is 9.00. The third-order valence-electron chi connectivity index (χ3n) is 4.41. The van der Waals surface area contributed by atoms with Crippen LogP contribution < -0.4 is 5.32 Å². The molecule has 162 valence electrons. The summed E-state index contributed by atoms with van der Waals surface area (Å²) in [5.74, 6) is -0.945. The fourth-order valence-corrected chi connectivity index (χ4v) is 3.93. The number of rotatable bonds is 6. The zero-order valence-electron chi connectivity index (χ0n) is 16.9. The van der Waals surface area contributed by atoms with Crippen molar-refractivity contribution in [1.82, 2.24) is 19.6 Å². The number of carbonyl (C=O) groups is 2. The first-order valence-corrected chi connectivity index (χ1v) is 10.2. The summed E-state index contributed by atoms with van der Waals surface area (Å²) in [4.78, 5) is 45.2. The van der Waals surface area contributed by atoms with Gasteiger partial charge in [-0.05, 0) is 26.0 Å². The van der Waals surface area contributed by atoms with E-state index >= 15 is 0 Å². The smallest absolute Gasteiger partial charge is 0.341 e. The van der Waals surface area contributed by atoms with E-state index in [0.717, 1.165) is 4.88 Å². The first-order valence-electron chi connectivity index (χ1n) is 9.42. The number of amides is 1. The van der Waals surface area contributed by atoms with Crippen LogP contribution in [-0.2, 0) is 4.74 Å². The van der Waals surface area contributed by atoms with Crippen LogP contribution in [0.2, 0.25) is 0 Å². The summed E-state index contributed by atoms with van der Waals surface area (Å²) < 4.78 is 6.31. The van der Waals surface area contributed by atoms with Crippen LogP contribution in [0.4, 0.5) is 10.7 Å². The molecule has 0 saturated heterocycles. The molecule has 11 nitrogen and oxygen atoms in total. The molecular weight excluding hydrogens is 436 g/mol. The maximum atomic E-state index is 13.1. The number of nitrogens with zero attached hydrogens (tertiary/aromatic N) is 5. The van der Waals surface area contributed by atoms with Crippen molar-refractivity contribution in [2.75, 3.05) is 11.9 Å². The first kappa shape index (κ1) is 21.1. The number of nitro benzene ring substituents is 1. The van der Waals surface area contributed by atoms with Crippen molar-refractivity contribution < 1.29 is 19.2 Å². The van der Waals surface area contributed by atoms with E-state index < -0.39 is 16.8 Å². The highest BCUT2D eigenvalue weighted by Gasteiger charge is 2.21. The molecule has 0 atom stereocenters. The molecule has 4 rings (SSSR count). The van der Waals surface area contributed by atoms with Gasteiger partial charge in [0.15, 0.2) is 0 Å². The summed E-state index contributed by atoms with van der Waals surface area (Å²) in [6.07, 6.45) is 1.25. The molecule has 0 radical (unpaired) electrons. The Kier molecular flexibility index (Phi) is 5.60. The number of nitro groups is 1. The molecule has 0 unspecified atom stereocenters. The lowest BCUT2D eigenvalue weighted by molar-refractivity contribution is -0.384. The van der Waals surface area contributed by atoms with Crippen LogP contribution >= 0.6 is 11.3 Å². The monoisotopic (exact) mass is 452 g/mol. The van der Waals surface area contributed by atoms with Crippen molar-refractivity contribution in [2.45, 2.75) is 13.8 Å². The van der Waals surface area contributed by atoms with E-state index in [9.17, 15) is 19.7 Å². The van der Waals surface area contributed by atoms with E-state index in [1.165, 1.54) is 46.4 Å². The molecule has 12 heteroatoms. The van der Waals surface area contributed by atoms with Gasteiger partial charge >= 0.3 is 5.97 Å². The van der Waals surface area contributed by atoms with Gasteiger partial charge in [-0.25, -0.2) is 9.78 Å². The van der Waals surface area contributed by atoms with Crippen LogP contribution in [-0.4, -0.2) is 43.0 Å². The van der Waals surface area contributed by atoms with Gasteiger partial charge in [0.05, 0.1) is 22.8 Å². The minimum Gasteiger partial charge on any atom is -0.462 e. The summed E-state index contributed by atoms with van der Waals surface area (Å²) in [6.45, 7) is 3.71. The Morgan fingerprint density at radius 2 is 2.09 bits per heavy atom. The Bertz CT molecular complexity index is 1360. The van der Waals surface area contributed by atoms with E-state index in [1.54, 1.807) is 19.1 Å². The zero-order valence-corrected chi connectivity index (χ0v) is 17.8. The average molecular weight is 452 g/mol. The van der Waals surface area contributed by atoms with Gasteiger partial charge in [0, 0.05) is 22.6 Å². The Hall–Kier alpha value is -4.19. The number of ether oxygens (including phenoxy) is 1. The SMILES string of the molecule is CCOC(=O)c1cc(C)sc1NC(=O)c1cc(-c2cccc([N+](=O)[O-])c2)nc2ncnn12. The second-order valence-corrected chi connectivity index (χ2v) is 7.84. The van der Waals surface area contributed by atoms with Gasteiger partial charge < -0.3 is 10.1 Å². The Morgan fingerprint density at radius 1 is 1.28 bits per heavy atom. The normalized spacial score (nSPS) is 10.8. The molecule has 1 amide bonds. The maximum absolute atomic E-state index is 13.1. The van der Waals surface area contributed by atoms with Gasteiger partial charge in [-0.2, -0.15) is 14.6 Å². The number of non-ortho nitro benzene ring substituents is 1. The van der Waals surface area contributed by atoms with E-state index in [0.29, 0.717) is 16.3 Å². The second-order valence-electron chi connectivity index (χ2n) is 6.58. The molecular formula is C20H16N6O5S. The minimum atomic E-state index is -0.554. The quantitative estimate of drug-likeness (QED) is 0.266. The molecule has 0 aliphatic heterocycles. The fraction of sp³-hybridized carbons (Fsp3) is 0.150. The van der Waals surface area contributed by atoms with Crippen molar-refractivity contribution >= 4 is 39.7 Å². The zero-order chi connectivity index (χ0) is 22.8. The average Bonchev–Trinajstić information content (AvgIpc) is 3.39. The lowest BCUT2D eigenvalue weighted by atomic mass is 10.1. The van der Waals surface area contributed by atoms with E-state index in [4.69, 9.17) is 4.74 Å². The predicted octanol–water partition coefficient (Wildman–Crippen LogP) is 3.50. The van der Waals surface area contributed by atoms with Crippen LogP contribution in [0.15, 0.2) is 42.7 Å². The Labute approximate surface area is 184 Å². The van der Waals surface area contributed by atoms with Gasteiger partial charge in [0.2, 0.25) is 0 Å². The van der Waals surface area contributed by atoms with Crippen LogP contribution in [0.25, 0.3) is 17.0 Å². The van der Waals surface area contributed by atoms with Gasteiger partial charge in [-0.3, -0.25) is 14.9 Å². The highest BCUT2D eigenvalue weighted by Crippen LogP contribution is 2.29. The number of esters is 1. The van der Waals surface area contributed by atoms with E-state index in [2.05, 4.69) is 20.4 Å². The van der Waals surface area contributed by atoms with Crippen molar-refractivity contribution in [1.29, 1.82) is 0 Å². The van der Waals surface area contributed by atoms with Gasteiger partial charge in [0.1, 0.15) is 17.0 Å². The van der Waals surface area contributed by atoms with Crippen molar-refractivity contribution in [3.63, 3.8) is 0 Å². The summed E-state index contributed by atoms with van der Waals surface area (Å²) in [7, 11) is 0. The Morgan fingerprint density at radius 3 is 2.84 bits per heavy atom. The van der Waals surface area contributed by atoms with Gasteiger partial charge in [-0.1, -0.05) is 12.1 Å². The molecule has 0 aliphatic rings. The number of thiophene rings is 1. The molecule has 4 aromatic rings. The lowest BCUT2D eigenvalue weighted by Gasteiger charge is -2.09. The van der Waals surface area contributed by atoms with Crippen LogP contribution in [0, 0.1) is 17.0 Å². The second kappa shape index (κ2) is 8.51. The fourth-order valence-electron chi connectivity index (χ4n) is 3.04. The van der Waals surface area contributed by atoms with E-state index in [-0.39, 0.29) is 29.3 Å². The van der Waals surface area contributed by atoms with Crippen LogP contribution in [0.3, 0.4) is 0 Å². The molecule has 0 aliphatic carbocycles.